The lowest BCUT2D eigenvalue weighted by atomic mass is 10.0. The average Bonchev–Trinajstić information content (AvgIpc) is 3.37. The third-order valence-corrected chi connectivity index (χ3v) is 13.2. The molecule has 0 saturated carbocycles. The minimum Gasteiger partial charge on any atom is -0.462 e. The lowest BCUT2D eigenvalue weighted by Gasteiger charge is -2.18. The molecule has 0 amide bonds. The van der Waals surface area contributed by atoms with Gasteiger partial charge in [0.05, 0.1) is 0 Å². The van der Waals surface area contributed by atoms with Gasteiger partial charge in [-0.1, -0.05) is 261 Å². The number of carbonyl (C=O) groups is 3. The van der Waals surface area contributed by atoms with Crippen LogP contribution in [0, 0.1) is 0 Å². The van der Waals surface area contributed by atoms with Gasteiger partial charge in [-0.25, -0.2) is 0 Å². The minimum atomic E-state index is -0.790. The Morgan fingerprint density at radius 3 is 0.831 bits per heavy atom. The summed E-state index contributed by atoms with van der Waals surface area (Å²) in [6.45, 7) is 6.59. The van der Waals surface area contributed by atoms with Crippen LogP contribution in [0.2, 0.25) is 0 Å². The van der Waals surface area contributed by atoms with Crippen LogP contribution in [0.3, 0.4) is 0 Å². The molecule has 0 spiro atoms. The zero-order valence-electron chi connectivity index (χ0n) is 47.0. The van der Waals surface area contributed by atoms with E-state index in [1.54, 1.807) is 0 Å². The molecule has 0 heterocycles. The summed E-state index contributed by atoms with van der Waals surface area (Å²) < 4.78 is 16.9. The monoisotopic (exact) mass is 991 g/mol. The van der Waals surface area contributed by atoms with Crippen LogP contribution in [0.5, 0.6) is 0 Å². The molecule has 0 N–H and O–H groups in total. The van der Waals surface area contributed by atoms with Crippen LogP contribution >= 0.6 is 0 Å². The van der Waals surface area contributed by atoms with Crippen molar-refractivity contribution in [2.24, 2.45) is 0 Å². The van der Waals surface area contributed by atoms with Crippen LogP contribution in [0.4, 0.5) is 0 Å². The van der Waals surface area contributed by atoms with E-state index < -0.39 is 6.10 Å². The van der Waals surface area contributed by atoms with Gasteiger partial charge in [0, 0.05) is 19.3 Å². The van der Waals surface area contributed by atoms with Gasteiger partial charge in [-0.2, -0.15) is 0 Å². The fourth-order valence-corrected chi connectivity index (χ4v) is 8.57. The molecule has 0 aliphatic carbocycles. The highest BCUT2D eigenvalue weighted by Crippen LogP contribution is 2.16. The Labute approximate surface area is 440 Å². The Morgan fingerprint density at radius 1 is 0.282 bits per heavy atom. The normalized spacial score (nSPS) is 12.5. The summed E-state index contributed by atoms with van der Waals surface area (Å²) in [4.78, 5) is 38.2. The van der Waals surface area contributed by atoms with E-state index in [9.17, 15) is 14.4 Å². The topological polar surface area (TPSA) is 78.9 Å². The van der Waals surface area contributed by atoms with Gasteiger partial charge in [-0.15, -0.1) is 0 Å². The van der Waals surface area contributed by atoms with Crippen molar-refractivity contribution in [3.8, 4) is 0 Å². The van der Waals surface area contributed by atoms with Gasteiger partial charge in [-0.3, -0.25) is 14.4 Å². The van der Waals surface area contributed by atoms with Crippen LogP contribution in [-0.2, 0) is 28.6 Å². The molecule has 6 nitrogen and oxygen atoms in total. The van der Waals surface area contributed by atoms with Gasteiger partial charge in [0.1, 0.15) is 13.2 Å². The van der Waals surface area contributed by atoms with Crippen molar-refractivity contribution < 1.29 is 28.6 Å². The second kappa shape index (κ2) is 59.4. The lowest BCUT2D eigenvalue weighted by molar-refractivity contribution is -0.167. The smallest absolute Gasteiger partial charge is 0.306 e. The van der Waals surface area contributed by atoms with E-state index in [4.69, 9.17) is 14.2 Å². The highest BCUT2D eigenvalue weighted by molar-refractivity contribution is 5.71. The molecule has 71 heavy (non-hydrogen) atoms. The van der Waals surface area contributed by atoms with Gasteiger partial charge >= 0.3 is 17.9 Å². The van der Waals surface area contributed by atoms with Crippen molar-refractivity contribution in [1.29, 1.82) is 0 Å². The number of rotatable bonds is 55. The van der Waals surface area contributed by atoms with E-state index in [-0.39, 0.29) is 31.1 Å². The maximum Gasteiger partial charge on any atom is 0.306 e. The molecule has 0 aliphatic heterocycles. The summed E-state index contributed by atoms with van der Waals surface area (Å²) in [5.41, 5.74) is 0. The van der Waals surface area contributed by atoms with Crippen LogP contribution < -0.4 is 0 Å². The summed E-state index contributed by atoms with van der Waals surface area (Å²) >= 11 is 0. The first kappa shape index (κ1) is 67.8. The minimum absolute atomic E-state index is 0.0848. The molecule has 0 saturated heterocycles. The SMILES string of the molecule is CCCCC/C=C\C/C=C\C/C=C\C/C=C\CCCCCC(=O)OC[C@@H](COC(=O)CCCCCCCCCCCCCCCCC)OC(=O)CCCCCCCCCCC/C=C\C/C=C\CCCCC. The number of carbonyl (C=O) groups excluding carboxylic acids is 3. The number of hydrogen-bond donors (Lipinski definition) is 0. The molecule has 410 valence electrons. The van der Waals surface area contributed by atoms with Gasteiger partial charge in [0.15, 0.2) is 6.10 Å². The van der Waals surface area contributed by atoms with Crippen molar-refractivity contribution in [2.75, 3.05) is 13.2 Å². The van der Waals surface area contributed by atoms with Crippen molar-refractivity contribution in [3.05, 3.63) is 72.9 Å². The summed E-state index contributed by atoms with van der Waals surface area (Å²) in [5.74, 6) is -0.908. The molecule has 0 unspecified atom stereocenters. The van der Waals surface area contributed by atoms with Crippen LogP contribution in [0.25, 0.3) is 0 Å². The molecular weight excluding hydrogens is 877 g/mol. The number of esters is 3. The van der Waals surface area contributed by atoms with Crippen LogP contribution in [-0.4, -0.2) is 37.2 Å². The van der Waals surface area contributed by atoms with Gasteiger partial charge in [0.25, 0.3) is 0 Å². The third-order valence-electron chi connectivity index (χ3n) is 13.2. The molecule has 0 aromatic rings. The van der Waals surface area contributed by atoms with Crippen molar-refractivity contribution in [3.63, 3.8) is 0 Å². The molecule has 1 atom stereocenters. The lowest BCUT2D eigenvalue weighted by Crippen LogP contribution is -2.30. The summed E-state index contributed by atoms with van der Waals surface area (Å²) in [6.07, 6.45) is 76.0. The van der Waals surface area contributed by atoms with Gasteiger partial charge in [-0.05, 0) is 96.3 Å². The maximum atomic E-state index is 12.9. The maximum absolute atomic E-state index is 12.9. The molecule has 0 radical (unpaired) electrons. The second-order valence-electron chi connectivity index (χ2n) is 20.3. The van der Waals surface area contributed by atoms with E-state index in [2.05, 4.69) is 93.7 Å². The largest absolute Gasteiger partial charge is 0.462 e. The first-order chi connectivity index (χ1) is 35.0. The predicted octanol–water partition coefficient (Wildman–Crippen LogP) is 20.5. The quantitative estimate of drug-likeness (QED) is 0.0261. The third kappa shape index (κ3) is 57.6. The predicted molar refractivity (Wildman–Crippen MR) is 307 cm³/mol. The van der Waals surface area contributed by atoms with Crippen molar-refractivity contribution in [2.45, 2.75) is 309 Å². The number of allylic oxidation sites excluding steroid dienone is 12. The molecule has 0 aromatic carbocycles. The first-order valence-corrected chi connectivity index (χ1v) is 30.4. The van der Waals surface area contributed by atoms with Crippen molar-refractivity contribution in [1.82, 2.24) is 0 Å². The van der Waals surface area contributed by atoms with Crippen LogP contribution in [0.1, 0.15) is 303 Å². The molecule has 0 aromatic heterocycles. The molecule has 0 fully saturated rings. The zero-order chi connectivity index (χ0) is 51.4. The summed E-state index contributed by atoms with van der Waals surface area (Å²) in [6, 6.07) is 0. The fraction of sp³-hybridized carbons (Fsp3) is 0.769. The van der Waals surface area contributed by atoms with Crippen LogP contribution in [0.15, 0.2) is 72.9 Å². The Bertz CT molecular complexity index is 1320. The number of unbranched alkanes of at least 4 members (excludes halogenated alkanes) is 32. The fourth-order valence-electron chi connectivity index (χ4n) is 8.57. The second-order valence-corrected chi connectivity index (χ2v) is 20.3. The average molecular weight is 992 g/mol. The summed E-state index contributed by atoms with van der Waals surface area (Å²) in [5, 5.41) is 0. The first-order valence-electron chi connectivity index (χ1n) is 30.4. The van der Waals surface area contributed by atoms with E-state index in [1.807, 2.05) is 0 Å². The standard InChI is InChI=1S/C65H114O6/c1-4-7-10-13-16-19-22-25-28-30-32-34-37-40-43-46-49-52-55-58-64(67)70-61-62(60-69-63(66)57-54-51-48-45-42-39-36-27-24-21-18-15-12-9-6-3)71-65(68)59-56-53-50-47-44-41-38-35-33-31-29-26-23-20-17-14-11-8-5-2/h16-17,19-20,25-26,28-29,32,34,40,43,62H,4-15,18,21-24,27,30-31,33,35-39,41-42,44-61H2,1-3H3/b19-16-,20-17-,28-25-,29-26-,34-32-,43-40-/t62-/m1/s1. The molecule has 6 heteroatoms. The molecular formula is C65H114O6. The van der Waals surface area contributed by atoms with Gasteiger partial charge < -0.3 is 14.2 Å². The Hall–Kier alpha value is -3.15. The van der Waals surface area contributed by atoms with Gasteiger partial charge in [0.2, 0.25) is 0 Å². The van der Waals surface area contributed by atoms with E-state index in [0.717, 1.165) is 89.9 Å². The zero-order valence-corrected chi connectivity index (χ0v) is 47.0. The highest BCUT2D eigenvalue weighted by atomic mass is 16.6. The number of hydrogen-bond acceptors (Lipinski definition) is 6. The Morgan fingerprint density at radius 2 is 0.507 bits per heavy atom. The van der Waals surface area contributed by atoms with E-state index in [0.29, 0.717) is 19.3 Å². The Kier molecular flexibility index (Phi) is 56.8. The highest BCUT2D eigenvalue weighted by Gasteiger charge is 2.19. The number of ether oxygens (including phenoxy) is 3. The summed E-state index contributed by atoms with van der Waals surface area (Å²) in [7, 11) is 0. The molecule has 0 rings (SSSR count). The van der Waals surface area contributed by atoms with E-state index >= 15 is 0 Å². The van der Waals surface area contributed by atoms with Crippen molar-refractivity contribution >= 4 is 17.9 Å². The molecule has 0 bridgehead atoms. The molecule has 0 aliphatic rings. The Balaban J connectivity index is 4.43. The van der Waals surface area contributed by atoms with E-state index in [1.165, 1.54) is 173 Å².